The summed E-state index contributed by atoms with van der Waals surface area (Å²) in [6.07, 6.45) is -3.79. The highest BCUT2D eigenvalue weighted by Crippen LogP contribution is 2.51. The molecular formula is C22H22F3N5O2S. The van der Waals surface area contributed by atoms with Crippen LogP contribution in [0.5, 0.6) is 0 Å². The van der Waals surface area contributed by atoms with Gasteiger partial charge in [-0.2, -0.15) is 13.2 Å². The second kappa shape index (κ2) is 8.45. The molecule has 1 unspecified atom stereocenters. The van der Waals surface area contributed by atoms with Gasteiger partial charge in [-0.1, -0.05) is 30.3 Å². The van der Waals surface area contributed by atoms with Crippen molar-refractivity contribution in [3.8, 4) is 0 Å². The van der Waals surface area contributed by atoms with E-state index in [-0.39, 0.29) is 29.7 Å². The predicted molar refractivity (Wildman–Crippen MR) is 120 cm³/mol. The Hall–Kier alpha value is -2.92. The first kappa shape index (κ1) is 21.9. The number of fused-ring (bicyclic) bond motifs is 3. The van der Waals surface area contributed by atoms with Crippen molar-refractivity contribution in [1.29, 1.82) is 0 Å². The van der Waals surface area contributed by atoms with E-state index >= 15 is 0 Å². The Kier molecular flexibility index (Phi) is 5.61. The van der Waals surface area contributed by atoms with Crippen molar-refractivity contribution in [2.24, 2.45) is 20.4 Å². The van der Waals surface area contributed by atoms with Gasteiger partial charge >= 0.3 is 6.18 Å². The summed E-state index contributed by atoms with van der Waals surface area (Å²) in [6.45, 7) is 0.327. The maximum absolute atomic E-state index is 13.4. The first-order valence-electron chi connectivity index (χ1n) is 10.6. The summed E-state index contributed by atoms with van der Waals surface area (Å²) in [5.41, 5.74) is 7.21. The Morgan fingerprint density at radius 2 is 1.94 bits per heavy atom. The molecule has 0 radical (unpaired) electrons. The average molecular weight is 478 g/mol. The number of nitrogens with two attached hydrogens (primary N) is 1. The maximum atomic E-state index is 13.4. The zero-order valence-corrected chi connectivity index (χ0v) is 18.2. The lowest BCUT2D eigenvalue weighted by molar-refractivity contribution is -0.138. The Morgan fingerprint density at radius 3 is 2.64 bits per heavy atom. The minimum Gasteiger partial charge on any atom is -0.380 e. The van der Waals surface area contributed by atoms with Crippen LogP contribution >= 0.6 is 0 Å². The third-order valence-corrected chi connectivity index (χ3v) is 6.91. The van der Waals surface area contributed by atoms with Gasteiger partial charge in [0, 0.05) is 23.7 Å². The first-order chi connectivity index (χ1) is 15.8. The number of alkyl halides is 3. The van der Waals surface area contributed by atoms with Gasteiger partial charge in [-0.15, -0.1) is 8.80 Å². The number of halogens is 3. The van der Waals surface area contributed by atoms with Crippen molar-refractivity contribution in [3.05, 3.63) is 65.2 Å². The molecule has 174 valence electrons. The van der Waals surface area contributed by atoms with Crippen LogP contribution in [0.4, 0.5) is 18.9 Å². The molecule has 7 nitrogen and oxygen atoms in total. The van der Waals surface area contributed by atoms with Crippen molar-refractivity contribution in [2.45, 2.75) is 37.3 Å². The van der Waals surface area contributed by atoms with E-state index in [1.807, 2.05) is 30.3 Å². The maximum Gasteiger partial charge on any atom is 0.416 e. The largest absolute Gasteiger partial charge is 0.416 e. The standard InChI is InChI=1S/C22H22F3N5O2S/c23-22(24,25)13-6-9-17-16(10-13)19-15(18(28-17)12-4-2-1-3-5-12)8-7-14(32-19)11-27-21-20(26)29-33(31)30-21/h1-6,9-10,14-15,18-19,28H,7-8,11H2,(H2,26,29)(H,27,30)/t14-,15+,18+,19+,33?/m1/s1. The summed E-state index contributed by atoms with van der Waals surface area (Å²) in [5, 5.41) is 6.46. The van der Waals surface area contributed by atoms with E-state index in [2.05, 4.69) is 19.4 Å². The molecule has 1 saturated heterocycles. The zero-order valence-electron chi connectivity index (χ0n) is 17.4. The Morgan fingerprint density at radius 1 is 1.15 bits per heavy atom. The summed E-state index contributed by atoms with van der Waals surface area (Å²) in [5.74, 6) is 0.266. The van der Waals surface area contributed by atoms with E-state index in [1.54, 1.807) is 0 Å². The molecule has 11 heteroatoms. The summed E-state index contributed by atoms with van der Waals surface area (Å²) in [7, 11) is 0. The molecule has 0 aliphatic carbocycles. The molecule has 1 fully saturated rings. The van der Waals surface area contributed by atoms with E-state index in [0.29, 0.717) is 24.2 Å². The van der Waals surface area contributed by atoms with Crippen LogP contribution in [-0.4, -0.2) is 28.5 Å². The molecule has 2 aromatic carbocycles. The van der Waals surface area contributed by atoms with E-state index in [1.165, 1.54) is 12.1 Å². The van der Waals surface area contributed by atoms with Gasteiger partial charge in [-0.05, 0) is 36.6 Å². The quantitative estimate of drug-likeness (QED) is 0.627. The summed E-state index contributed by atoms with van der Waals surface area (Å²) < 4.78 is 65.5. The molecule has 5 atom stereocenters. The van der Waals surface area contributed by atoms with Crippen LogP contribution in [0.25, 0.3) is 0 Å². The Balaban J connectivity index is 1.43. The fourth-order valence-electron chi connectivity index (χ4n) is 4.68. The predicted octanol–water partition coefficient (Wildman–Crippen LogP) is 3.65. The van der Waals surface area contributed by atoms with E-state index in [9.17, 15) is 17.4 Å². The number of anilines is 1. The van der Waals surface area contributed by atoms with Crippen LogP contribution in [0.15, 0.2) is 57.3 Å². The third kappa shape index (κ3) is 4.34. The van der Waals surface area contributed by atoms with Crippen molar-refractivity contribution >= 4 is 28.5 Å². The smallest absolute Gasteiger partial charge is 0.380 e. The third-order valence-electron chi connectivity index (χ3n) is 6.22. The minimum atomic E-state index is -4.44. The SMILES string of the molecule is NC1=NS(=O)N=C1NC[C@H]1CC[C@@H]2[C@H](O1)c1cc(C(F)(F)F)ccc1N[C@H]2c1ccccc1. The fraction of sp³-hybridized carbons (Fsp3) is 0.364. The van der Waals surface area contributed by atoms with E-state index in [4.69, 9.17) is 10.5 Å². The lowest BCUT2D eigenvalue weighted by atomic mass is 9.76. The monoisotopic (exact) mass is 477 g/mol. The van der Waals surface area contributed by atoms with Gasteiger partial charge in [0.2, 0.25) is 0 Å². The topological polar surface area (TPSA) is 101 Å². The Labute approximate surface area is 191 Å². The molecule has 2 aromatic rings. The molecule has 33 heavy (non-hydrogen) atoms. The van der Waals surface area contributed by atoms with Crippen molar-refractivity contribution in [2.75, 3.05) is 11.9 Å². The molecule has 4 N–H and O–H groups in total. The van der Waals surface area contributed by atoms with Crippen LogP contribution in [0.1, 0.15) is 41.7 Å². The van der Waals surface area contributed by atoms with Crippen molar-refractivity contribution < 1.29 is 22.1 Å². The van der Waals surface area contributed by atoms with E-state index < -0.39 is 29.0 Å². The fourth-order valence-corrected chi connectivity index (χ4v) is 5.29. The van der Waals surface area contributed by atoms with Gasteiger partial charge in [0.15, 0.2) is 11.7 Å². The molecule has 0 spiro atoms. The molecule has 5 rings (SSSR count). The lowest BCUT2D eigenvalue weighted by Crippen LogP contribution is -2.44. The summed E-state index contributed by atoms with van der Waals surface area (Å²) >= 11 is -1.73. The second-order valence-corrected chi connectivity index (χ2v) is 9.11. The molecule has 3 aliphatic heterocycles. The number of hydrogen-bond acceptors (Lipinski definition) is 5. The molecule has 3 heterocycles. The highest BCUT2D eigenvalue weighted by molar-refractivity contribution is 7.83. The van der Waals surface area contributed by atoms with Gasteiger partial charge in [0.1, 0.15) is 0 Å². The van der Waals surface area contributed by atoms with Gasteiger partial charge in [0.25, 0.3) is 11.2 Å². The first-order valence-corrected chi connectivity index (χ1v) is 11.6. The van der Waals surface area contributed by atoms with Crippen LogP contribution < -0.4 is 16.4 Å². The number of ether oxygens (including phenoxy) is 1. The molecule has 0 saturated carbocycles. The summed E-state index contributed by atoms with van der Waals surface area (Å²) in [4.78, 5) is 0. The normalized spacial score (nSPS) is 28.8. The van der Waals surface area contributed by atoms with Gasteiger partial charge < -0.3 is 21.1 Å². The summed E-state index contributed by atoms with van der Waals surface area (Å²) in [6, 6.07) is 13.5. The number of nitrogens with zero attached hydrogens (tertiary/aromatic N) is 2. The molecule has 0 bridgehead atoms. The average Bonchev–Trinajstić information content (AvgIpc) is 3.13. The second-order valence-electron chi connectivity index (χ2n) is 8.28. The van der Waals surface area contributed by atoms with Crippen LogP contribution in [0.2, 0.25) is 0 Å². The number of hydrogen-bond donors (Lipinski definition) is 3. The number of nitrogens with one attached hydrogen (secondary N) is 2. The van der Waals surface area contributed by atoms with Gasteiger partial charge in [-0.25, -0.2) is 4.21 Å². The molecular weight excluding hydrogens is 455 g/mol. The highest BCUT2D eigenvalue weighted by Gasteiger charge is 2.43. The molecule has 0 aromatic heterocycles. The van der Waals surface area contributed by atoms with Crippen LogP contribution in [0.3, 0.4) is 0 Å². The molecule has 3 aliphatic rings. The Bertz CT molecular complexity index is 1140. The van der Waals surface area contributed by atoms with Gasteiger partial charge in [0.05, 0.1) is 23.8 Å². The lowest BCUT2D eigenvalue weighted by Gasteiger charge is -2.46. The highest BCUT2D eigenvalue weighted by atomic mass is 32.2. The van der Waals surface area contributed by atoms with Crippen molar-refractivity contribution in [1.82, 2.24) is 5.32 Å². The molecule has 0 amide bonds. The van der Waals surface area contributed by atoms with E-state index in [0.717, 1.165) is 18.1 Å². The van der Waals surface area contributed by atoms with Gasteiger partial charge in [-0.3, -0.25) is 0 Å². The van der Waals surface area contributed by atoms with Crippen LogP contribution in [0, 0.1) is 5.92 Å². The number of amidine groups is 2. The minimum absolute atomic E-state index is 0.0393. The van der Waals surface area contributed by atoms with Crippen LogP contribution in [-0.2, 0) is 22.1 Å². The number of benzene rings is 2. The number of rotatable bonds is 3. The van der Waals surface area contributed by atoms with Crippen molar-refractivity contribution in [3.63, 3.8) is 0 Å². The zero-order chi connectivity index (χ0) is 23.2.